The van der Waals surface area contributed by atoms with E-state index in [9.17, 15) is 4.79 Å². The fourth-order valence-corrected chi connectivity index (χ4v) is 2.08. The highest BCUT2D eigenvalue weighted by Gasteiger charge is 2.24. The Morgan fingerprint density at radius 2 is 2.22 bits per heavy atom. The lowest BCUT2D eigenvalue weighted by atomic mass is 9.95. The van der Waals surface area contributed by atoms with Gasteiger partial charge in [-0.2, -0.15) is 5.26 Å². The van der Waals surface area contributed by atoms with Gasteiger partial charge in [-0.25, -0.2) is 0 Å². The highest BCUT2D eigenvalue weighted by molar-refractivity contribution is 5.78. The first-order valence-corrected chi connectivity index (χ1v) is 6.24. The van der Waals surface area contributed by atoms with Crippen molar-refractivity contribution in [2.45, 2.75) is 12.8 Å². The van der Waals surface area contributed by atoms with Crippen LogP contribution in [0.15, 0.2) is 12.2 Å². The van der Waals surface area contributed by atoms with Crippen LogP contribution in [0.4, 0.5) is 0 Å². The molecule has 5 heteroatoms. The number of nitrogens with zero attached hydrogens (tertiary/aromatic N) is 2. The molecule has 1 heterocycles. The summed E-state index contributed by atoms with van der Waals surface area (Å²) in [6.45, 7) is 7.11. The Morgan fingerprint density at radius 3 is 2.78 bits per heavy atom. The highest BCUT2D eigenvalue weighted by atomic mass is 16.5. The maximum absolute atomic E-state index is 11.8. The smallest absolute Gasteiger partial charge is 0.223 e. The van der Waals surface area contributed by atoms with Crippen molar-refractivity contribution in [3.8, 4) is 6.07 Å². The maximum atomic E-state index is 11.8. The minimum Gasteiger partial charge on any atom is -0.383 e. The van der Waals surface area contributed by atoms with Gasteiger partial charge < -0.3 is 10.1 Å². The summed E-state index contributed by atoms with van der Waals surface area (Å²) in [5.41, 5.74) is 0.581. The van der Waals surface area contributed by atoms with E-state index in [0.29, 0.717) is 25.3 Å². The number of hydrogen-bond acceptors (Lipinski definition) is 4. The summed E-state index contributed by atoms with van der Waals surface area (Å²) >= 11 is 0. The van der Waals surface area contributed by atoms with Crippen LogP contribution >= 0.6 is 0 Å². The predicted molar refractivity (Wildman–Crippen MR) is 68.8 cm³/mol. The van der Waals surface area contributed by atoms with E-state index >= 15 is 0 Å². The Morgan fingerprint density at radius 1 is 1.56 bits per heavy atom. The molecule has 5 nitrogen and oxygen atoms in total. The standard InChI is InChI=1S/C13H21N3O2/c1-11(9-14)10-16-6-3-12(4-7-16)13(17)15-5-8-18-2/h12H,1,3-8,10H2,2H3,(H,15,17). The quantitative estimate of drug-likeness (QED) is 0.553. The number of methoxy groups -OCH3 is 1. The fraction of sp³-hybridized carbons (Fsp3) is 0.692. The molecule has 1 aliphatic heterocycles. The number of hydrogen-bond donors (Lipinski definition) is 1. The van der Waals surface area contributed by atoms with Crippen molar-refractivity contribution < 1.29 is 9.53 Å². The predicted octanol–water partition coefficient (Wildman–Crippen LogP) is 0.541. The minimum atomic E-state index is 0.0912. The zero-order valence-electron chi connectivity index (χ0n) is 10.9. The van der Waals surface area contributed by atoms with Crippen LogP contribution in [0.1, 0.15) is 12.8 Å². The minimum absolute atomic E-state index is 0.0912. The van der Waals surface area contributed by atoms with E-state index in [2.05, 4.69) is 22.9 Å². The van der Waals surface area contributed by atoms with Gasteiger partial charge in [-0.3, -0.25) is 9.69 Å². The van der Waals surface area contributed by atoms with Crippen LogP contribution < -0.4 is 5.32 Å². The molecule has 0 aromatic heterocycles. The normalized spacial score (nSPS) is 17.1. The van der Waals surface area contributed by atoms with Gasteiger partial charge in [0.25, 0.3) is 0 Å². The molecule has 0 saturated carbocycles. The van der Waals surface area contributed by atoms with E-state index in [1.54, 1.807) is 7.11 Å². The van der Waals surface area contributed by atoms with Crippen molar-refractivity contribution in [2.75, 3.05) is 39.9 Å². The molecule has 1 rings (SSSR count). The largest absolute Gasteiger partial charge is 0.383 e. The number of amides is 1. The average Bonchev–Trinajstić information content (AvgIpc) is 2.39. The zero-order chi connectivity index (χ0) is 13.4. The molecular formula is C13H21N3O2. The molecule has 100 valence electrons. The molecule has 0 radical (unpaired) electrons. The van der Waals surface area contributed by atoms with Crippen LogP contribution in [0.3, 0.4) is 0 Å². The first kappa shape index (κ1) is 14.7. The Bertz CT molecular complexity index is 328. The summed E-state index contributed by atoms with van der Waals surface area (Å²) in [4.78, 5) is 14.0. The maximum Gasteiger partial charge on any atom is 0.223 e. The Kier molecular flexibility index (Phi) is 6.40. The average molecular weight is 251 g/mol. The lowest BCUT2D eigenvalue weighted by Crippen LogP contribution is -2.41. The van der Waals surface area contributed by atoms with Crippen LogP contribution in [-0.2, 0) is 9.53 Å². The summed E-state index contributed by atoms with van der Waals surface area (Å²) in [6.07, 6.45) is 1.69. The van der Waals surface area contributed by atoms with Crippen LogP contribution in [0, 0.1) is 17.2 Å². The number of carbonyl (C=O) groups is 1. The van der Waals surface area contributed by atoms with Gasteiger partial charge in [0.1, 0.15) is 0 Å². The molecule has 0 aliphatic carbocycles. The van der Waals surface area contributed by atoms with Gasteiger partial charge in [0, 0.05) is 31.7 Å². The van der Waals surface area contributed by atoms with Gasteiger partial charge in [-0.1, -0.05) is 6.58 Å². The summed E-state index contributed by atoms with van der Waals surface area (Å²) in [6, 6.07) is 2.05. The second kappa shape index (κ2) is 7.85. The molecule has 0 unspecified atom stereocenters. The van der Waals surface area contributed by atoms with Gasteiger partial charge >= 0.3 is 0 Å². The van der Waals surface area contributed by atoms with Gasteiger partial charge in [0.2, 0.25) is 5.91 Å². The monoisotopic (exact) mass is 251 g/mol. The third-order valence-electron chi connectivity index (χ3n) is 3.14. The molecule has 1 N–H and O–H groups in total. The van der Waals surface area contributed by atoms with E-state index in [1.165, 1.54) is 0 Å². The van der Waals surface area contributed by atoms with Crippen molar-refractivity contribution in [3.05, 3.63) is 12.2 Å². The number of carbonyl (C=O) groups excluding carboxylic acids is 1. The van der Waals surface area contributed by atoms with Crippen molar-refractivity contribution >= 4 is 5.91 Å². The first-order chi connectivity index (χ1) is 8.67. The summed E-state index contributed by atoms with van der Waals surface area (Å²) in [7, 11) is 1.62. The van der Waals surface area contributed by atoms with Crippen LogP contribution in [-0.4, -0.2) is 50.7 Å². The number of piperidine rings is 1. The van der Waals surface area contributed by atoms with E-state index in [4.69, 9.17) is 10.00 Å². The second-order valence-electron chi connectivity index (χ2n) is 4.55. The van der Waals surface area contributed by atoms with Crippen LogP contribution in [0.2, 0.25) is 0 Å². The third kappa shape index (κ3) is 4.86. The molecule has 0 atom stereocenters. The number of ether oxygens (including phenoxy) is 1. The van der Waals surface area contributed by atoms with Crippen LogP contribution in [0.5, 0.6) is 0 Å². The second-order valence-corrected chi connectivity index (χ2v) is 4.55. The molecule has 1 fully saturated rings. The molecule has 0 spiro atoms. The molecule has 0 aromatic carbocycles. The number of nitrogens with one attached hydrogen (secondary N) is 1. The lowest BCUT2D eigenvalue weighted by molar-refractivity contribution is -0.126. The van der Waals surface area contributed by atoms with E-state index < -0.39 is 0 Å². The molecule has 18 heavy (non-hydrogen) atoms. The van der Waals surface area contributed by atoms with Crippen molar-refractivity contribution in [3.63, 3.8) is 0 Å². The van der Waals surface area contributed by atoms with Crippen molar-refractivity contribution in [1.82, 2.24) is 10.2 Å². The topological polar surface area (TPSA) is 65.4 Å². The Labute approximate surface area is 108 Å². The number of nitriles is 1. The summed E-state index contributed by atoms with van der Waals surface area (Å²) < 4.78 is 4.89. The highest BCUT2D eigenvalue weighted by Crippen LogP contribution is 2.17. The molecule has 1 saturated heterocycles. The molecule has 1 amide bonds. The van der Waals surface area contributed by atoms with Crippen molar-refractivity contribution in [1.29, 1.82) is 5.26 Å². The van der Waals surface area contributed by atoms with Gasteiger partial charge in [-0.15, -0.1) is 0 Å². The molecule has 0 aromatic rings. The zero-order valence-corrected chi connectivity index (χ0v) is 10.9. The number of likely N-dealkylation sites (tertiary alicyclic amines) is 1. The van der Waals surface area contributed by atoms with Crippen LogP contribution in [0.25, 0.3) is 0 Å². The van der Waals surface area contributed by atoms with E-state index in [0.717, 1.165) is 25.9 Å². The lowest BCUT2D eigenvalue weighted by Gasteiger charge is -2.30. The summed E-state index contributed by atoms with van der Waals surface area (Å²) in [5.74, 6) is 0.208. The Balaban J connectivity index is 2.24. The molecule has 0 bridgehead atoms. The van der Waals surface area contributed by atoms with Gasteiger partial charge in [0.15, 0.2) is 0 Å². The summed E-state index contributed by atoms with van der Waals surface area (Å²) in [5, 5.41) is 11.5. The van der Waals surface area contributed by atoms with Gasteiger partial charge in [0.05, 0.1) is 12.7 Å². The van der Waals surface area contributed by atoms with Crippen molar-refractivity contribution in [2.24, 2.45) is 5.92 Å². The SMILES string of the molecule is C=C(C#N)CN1CCC(C(=O)NCCOC)CC1. The third-order valence-corrected chi connectivity index (χ3v) is 3.14. The van der Waals surface area contributed by atoms with E-state index in [-0.39, 0.29) is 11.8 Å². The fourth-order valence-electron chi connectivity index (χ4n) is 2.08. The van der Waals surface area contributed by atoms with E-state index in [1.807, 2.05) is 0 Å². The Hall–Kier alpha value is -1.38. The van der Waals surface area contributed by atoms with Gasteiger partial charge in [-0.05, 0) is 25.9 Å². The molecule has 1 aliphatic rings. The first-order valence-electron chi connectivity index (χ1n) is 6.24. The number of rotatable bonds is 6. The molecular weight excluding hydrogens is 230 g/mol.